The summed E-state index contributed by atoms with van der Waals surface area (Å²) in [5.74, 6) is 0.146. The molecular weight excluding hydrogens is 308 g/mol. The number of methoxy groups -OCH3 is 1. The third-order valence-electron chi connectivity index (χ3n) is 3.95. The lowest BCUT2D eigenvalue weighted by molar-refractivity contribution is -0.121. The van der Waals surface area contributed by atoms with Crippen LogP contribution in [0, 0.1) is 5.41 Å². The molecule has 0 aromatic carbocycles. The van der Waals surface area contributed by atoms with Crippen LogP contribution in [-0.4, -0.2) is 39.3 Å². The first-order valence-electron chi connectivity index (χ1n) is 7.23. The molecule has 21 heavy (non-hydrogen) atoms. The second-order valence-electron chi connectivity index (χ2n) is 5.54. The fourth-order valence-corrected chi connectivity index (χ4v) is 3.41. The fraction of sp³-hybridized carbons (Fsp3) is 0.667. The molecule has 1 aliphatic heterocycles. The maximum absolute atomic E-state index is 12.0. The van der Waals surface area contributed by atoms with Gasteiger partial charge < -0.3 is 15.4 Å². The molecule has 2 heterocycles. The van der Waals surface area contributed by atoms with Gasteiger partial charge in [-0.2, -0.15) is 0 Å². The molecule has 0 bridgehead atoms. The Kier molecular flexibility index (Phi) is 8.26. The molecule has 0 atom stereocenters. The van der Waals surface area contributed by atoms with Crippen LogP contribution in [0.1, 0.15) is 24.1 Å². The molecule has 2 N–H and O–H groups in total. The first-order chi connectivity index (χ1) is 9.74. The summed E-state index contributed by atoms with van der Waals surface area (Å²) in [7, 11) is 1.74. The summed E-state index contributed by atoms with van der Waals surface area (Å²) >= 11 is 1.71. The molecular formula is C15H25ClN2O2S. The van der Waals surface area contributed by atoms with Crippen LogP contribution >= 0.6 is 23.7 Å². The van der Waals surface area contributed by atoms with Gasteiger partial charge in [0, 0.05) is 30.4 Å². The standard InChI is InChI=1S/C15H24N2O2S.ClH/c1-19-12-15(6-8-16-9-7-15)11-17-14(18)5-4-13-3-2-10-20-13;/h2-3,10,16H,4-9,11-12H2,1H3,(H,17,18);1H. The Morgan fingerprint density at radius 1 is 1.48 bits per heavy atom. The predicted octanol–water partition coefficient (Wildman–Crippen LogP) is 2.23. The van der Waals surface area contributed by atoms with Crippen molar-refractivity contribution in [3.8, 4) is 0 Å². The third kappa shape index (κ3) is 5.94. The van der Waals surface area contributed by atoms with Crippen LogP contribution in [0.25, 0.3) is 0 Å². The van der Waals surface area contributed by atoms with Crippen LogP contribution in [0.2, 0.25) is 0 Å². The summed E-state index contributed by atoms with van der Waals surface area (Å²) in [6.45, 7) is 3.47. The molecule has 1 amide bonds. The number of hydrogen-bond acceptors (Lipinski definition) is 4. The van der Waals surface area contributed by atoms with Gasteiger partial charge in [-0.25, -0.2) is 0 Å². The number of aryl methyl sites for hydroxylation is 1. The quantitative estimate of drug-likeness (QED) is 0.805. The lowest BCUT2D eigenvalue weighted by Crippen LogP contribution is -2.47. The van der Waals surface area contributed by atoms with Crippen molar-refractivity contribution in [3.63, 3.8) is 0 Å². The van der Waals surface area contributed by atoms with Gasteiger partial charge in [-0.3, -0.25) is 4.79 Å². The van der Waals surface area contributed by atoms with Crippen molar-refractivity contribution in [2.75, 3.05) is 33.4 Å². The molecule has 1 aliphatic rings. The summed E-state index contributed by atoms with van der Waals surface area (Å²) in [6, 6.07) is 4.11. The van der Waals surface area contributed by atoms with Crippen molar-refractivity contribution in [3.05, 3.63) is 22.4 Å². The number of thiophene rings is 1. The van der Waals surface area contributed by atoms with Crippen LogP contribution in [0.15, 0.2) is 17.5 Å². The van der Waals surface area contributed by atoms with Gasteiger partial charge in [-0.1, -0.05) is 6.07 Å². The van der Waals surface area contributed by atoms with Gasteiger partial charge in [0.1, 0.15) is 0 Å². The number of amides is 1. The lowest BCUT2D eigenvalue weighted by atomic mass is 9.79. The molecule has 120 valence electrons. The van der Waals surface area contributed by atoms with E-state index >= 15 is 0 Å². The fourth-order valence-electron chi connectivity index (χ4n) is 2.70. The van der Waals surface area contributed by atoms with Crippen molar-refractivity contribution in [1.82, 2.24) is 10.6 Å². The number of ether oxygens (including phenoxy) is 1. The highest BCUT2D eigenvalue weighted by molar-refractivity contribution is 7.09. The van der Waals surface area contributed by atoms with Gasteiger partial charge in [0.15, 0.2) is 0 Å². The van der Waals surface area contributed by atoms with E-state index in [2.05, 4.69) is 22.1 Å². The second-order valence-corrected chi connectivity index (χ2v) is 6.57. The van der Waals surface area contributed by atoms with E-state index in [0.29, 0.717) is 6.42 Å². The minimum absolute atomic E-state index is 0. The number of nitrogens with one attached hydrogen (secondary N) is 2. The SMILES string of the molecule is COCC1(CNC(=O)CCc2cccs2)CCNCC1.Cl. The van der Waals surface area contributed by atoms with Crippen molar-refractivity contribution >= 4 is 29.7 Å². The van der Waals surface area contributed by atoms with E-state index in [9.17, 15) is 4.79 Å². The van der Waals surface area contributed by atoms with Crippen molar-refractivity contribution < 1.29 is 9.53 Å². The van der Waals surface area contributed by atoms with E-state index in [0.717, 1.165) is 45.5 Å². The van der Waals surface area contributed by atoms with E-state index in [1.54, 1.807) is 18.4 Å². The first kappa shape index (κ1) is 18.4. The Morgan fingerprint density at radius 2 is 2.24 bits per heavy atom. The van der Waals surface area contributed by atoms with Gasteiger partial charge in [-0.05, 0) is 43.8 Å². The van der Waals surface area contributed by atoms with Crippen LogP contribution in [-0.2, 0) is 16.0 Å². The lowest BCUT2D eigenvalue weighted by Gasteiger charge is -2.37. The molecule has 0 radical (unpaired) electrons. The average molecular weight is 333 g/mol. The minimum atomic E-state index is 0. The molecule has 6 heteroatoms. The molecule has 0 spiro atoms. The second kappa shape index (κ2) is 9.41. The first-order valence-corrected chi connectivity index (χ1v) is 8.11. The predicted molar refractivity (Wildman–Crippen MR) is 89.3 cm³/mol. The molecule has 2 rings (SSSR count). The number of carbonyl (C=O) groups excluding carboxylic acids is 1. The molecule has 0 saturated carbocycles. The van der Waals surface area contributed by atoms with E-state index in [-0.39, 0.29) is 23.7 Å². The van der Waals surface area contributed by atoms with Gasteiger partial charge in [0.25, 0.3) is 0 Å². The zero-order chi connectivity index (χ0) is 14.3. The normalized spacial score (nSPS) is 17.0. The van der Waals surface area contributed by atoms with E-state index in [1.807, 2.05) is 6.07 Å². The van der Waals surface area contributed by atoms with Crippen LogP contribution in [0.4, 0.5) is 0 Å². The summed E-state index contributed by atoms with van der Waals surface area (Å²) < 4.78 is 5.36. The molecule has 1 fully saturated rings. The van der Waals surface area contributed by atoms with E-state index in [4.69, 9.17) is 4.74 Å². The van der Waals surface area contributed by atoms with E-state index in [1.165, 1.54) is 4.88 Å². The zero-order valence-corrected chi connectivity index (χ0v) is 14.2. The summed E-state index contributed by atoms with van der Waals surface area (Å²) in [5, 5.41) is 8.51. The zero-order valence-electron chi connectivity index (χ0n) is 12.5. The number of hydrogen-bond donors (Lipinski definition) is 2. The largest absolute Gasteiger partial charge is 0.384 e. The van der Waals surface area contributed by atoms with Gasteiger partial charge in [-0.15, -0.1) is 23.7 Å². The van der Waals surface area contributed by atoms with Gasteiger partial charge in [0.2, 0.25) is 5.91 Å². The molecule has 1 saturated heterocycles. The minimum Gasteiger partial charge on any atom is -0.384 e. The summed E-state index contributed by atoms with van der Waals surface area (Å²) in [5.41, 5.74) is 0.110. The topological polar surface area (TPSA) is 50.4 Å². The Bertz CT molecular complexity index is 400. The van der Waals surface area contributed by atoms with Crippen LogP contribution < -0.4 is 10.6 Å². The smallest absolute Gasteiger partial charge is 0.220 e. The Labute approximate surface area is 137 Å². The molecule has 0 aliphatic carbocycles. The highest BCUT2D eigenvalue weighted by Crippen LogP contribution is 2.28. The summed E-state index contributed by atoms with van der Waals surface area (Å²) in [6.07, 6.45) is 3.53. The molecule has 4 nitrogen and oxygen atoms in total. The van der Waals surface area contributed by atoms with Crippen LogP contribution in [0.3, 0.4) is 0 Å². The maximum Gasteiger partial charge on any atom is 0.220 e. The maximum atomic E-state index is 12.0. The average Bonchev–Trinajstić information content (AvgIpc) is 2.98. The highest BCUT2D eigenvalue weighted by Gasteiger charge is 2.32. The Morgan fingerprint density at radius 3 is 2.86 bits per heavy atom. The molecule has 1 aromatic heterocycles. The number of rotatable bonds is 7. The number of piperidine rings is 1. The molecule has 0 unspecified atom stereocenters. The Balaban J connectivity index is 0.00000220. The highest BCUT2D eigenvalue weighted by atomic mass is 35.5. The monoisotopic (exact) mass is 332 g/mol. The van der Waals surface area contributed by atoms with Gasteiger partial charge >= 0.3 is 0 Å². The van der Waals surface area contributed by atoms with Crippen molar-refractivity contribution in [1.29, 1.82) is 0 Å². The third-order valence-corrected chi connectivity index (χ3v) is 4.89. The van der Waals surface area contributed by atoms with E-state index < -0.39 is 0 Å². The number of halogens is 1. The number of carbonyl (C=O) groups is 1. The summed E-state index contributed by atoms with van der Waals surface area (Å²) in [4.78, 5) is 13.2. The van der Waals surface area contributed by atoms with Gasteiger partial charge in [0.05, 0.1) is 6.61 Å². The molecule has 1 aromatic rings. The van der Waals surface area contributed by atoms with Crippen molar-refractivity contribution in [2.24, 2.45) is 5.41 Å². The van der Waals surface area contributed by atoms with Crippen molar-refractivity contribution in [2.45, 2.75) is 25.7 Å². The van der Waals surface area contributed by atoms with Crippen LogP contribution in [0.5, 0.6) is 0 Å². The Hall–Kier alpha value is -0.620.